The van der Waals surface area contributed by atoms with Crippen LogP contribution in [-0.2, 0) is 30.5 Å². The molecule has 6 rings (SSSR count). The summed E-state index contributed by atoms with van der Waals surface area (Å²) in [6.45, 7) is 4.74. The van der Waals surface area contributed by atoms with Crippen LogP contribution in [0.2, 0.25) is 0 Å². The van der Waals surface area contributed by atoms with Gasteiger partial charge in [0.05, 0.1) is 10.1 Å². The molecule has 4 heterocycles. The lowest BCUT2D eigenvalue weighted by molar-refractivity contribution is -0.176. The van der Waals surface area contributed by atoms with Crippen molar-refractivity contribution < 1.29 is 43.3 Å². The number of amides is 4. The number of carbonyl (C=O) groups is 6. The van der Waals surface area contributed by atoms with Crippen LogP contribution in [-0.4, -0.2) is 78.1 Å². The fraction of sp³-hybridized carbons (Fsp3) is 0.257. The molecule has 0 aliphatic carbocycles. The smallest absolute Gasteiger partial charge is 0.478 e. The second kappa shape index (κ2) is 13.8. The maximum atomic E-state index is 14.3. The maximum Gasteiger partial charge on any atom is 0.514 e. The molecule has 5 N–H and O–H groups in total. The number of aliphatic carboxylic acids is 1. The van der Waals surface area contributed by atoms with Gasteiger partial charge in [0, 0.05) is 11.9 Å². The average Bonchev–Trinajstić information content (AvgIpc) is 3.33. The van der Waals surface area contributed by atoms with E-state index < -0.39 is 63.1 Å². The van der Waals surface area contributed by atoms with Crippen molar-refractivity contribution in [2.24, 2.45) is 0 Å². The molecule has 0 spiro atoms. The molecule has 4 amide bonds. The number of H-pyrrole nitrogens is 1. The summed E-state index contributed by atoms with van der Waals surface area (Å²) < 4.78 is 9.05. The van der Waals surface area contributed by atoms with Crippen molar-refractivity contribution in [3.05, 3.63) is 106 Å². The number of aryl methyl sites for hydroxylation is 1. The Morgan fingerprint density at radius 2 is 1.77 bits per heavy atom. The van der Waals surface area contributed by atoms with Crippen LogP contribution in [0.25, 0.3) is 11.0 Å². The predicted molar refractivity (Wildman–Crippen MR) is 185 cm³/mol. The first kappa shape index (κ1) is 35.6. The Labute approximate surface area is 299 Å². The topological polar surface area (TPSA) is 226 Å². The highest BCUT2D eigenvalue weighted by atomic mass is 32.2. The first-order chi connectivity index (χ1) is 24.8. The molecule has 1 unspecified atom stereocenters. The molecule has 2 fully saturated rings. The van der Waals surface area contributed by atoms with Crippen molar-refractivity contribution in [1.82, 2.24) is 30.8 Å². The zero-order valence-corrected chi connectivity index (χ0v) is 28.7. The second-order valence-electron chi connectivity index (χ2n) is 12.5. The molecule has 4 aromatic rings. The molecule has 4 atom stereocenters. The third-order valence-corrected chi connectivity index (χ3v) is 10.4. The Morgan fingerprint density at radius 3 is 2.44 bits per heavy atom. The lowest BCUT2D eigenvalue weighted by Gasteiger charge is -2.49. The van der Waals surface area contributed by atoms with Crippen molar-refractivity contribution in [2.75, 3.05) is 0 Å². The number of rotatable bonds is 11. The highest BCUT2D eigenvalue weighted by molar-refractivity contribution is 8.01. The predicted octanol–water partition coefficient (Wildman–Crippen LogP) is 2.12. The van der Waals surface area contributed by atoms with Gasteiger partial charge in [-0.2, -0.15) is 0 Å². The Hall–Kier alpha value is -6.23. The van der Waals surface area contributed by atoms with Crippen molar-refractivity contribution >= 4 is 59.1 Å². The molecule has 52 heavy (non-hydrogen) atoms. The van der Waals surface area contributed by atoms with Gasteiger partial charge >= 0.3 is 12.1 Å². The number of pyridine rings is 2. The van der Waals surface area contributed by atoms with Crippen molar-refractivity contribution in [2.45, 2.75) is 55.2 Å². The Morgan fingerprint density at radius 1 is 1.06 bits per heavy atom. The molecular formula is C35H32N6O10S. The molecule has 2 aromatic heterocycles. The minimum atomic E-state index is -2.32. The van der Waals surface area contributed by atoms with Crippen LogP contribution < -0.4 is 26.1 Å². The van der Waals surface area contributed by atoms with E-state index in [1.807, 2.05) is 6.07 Å². The summed E-state index contributed by atoms with van der Waals surface area (Å²) >= 11 is 1.07. The van der Waals surface area contributed by atoms with E-state index in [9.17, 15) is 38.7 Å². The summed E-state index contributed by atoms with van der Waals surface area (Å²) in [7, 11) is 0. The minimum absolute atomic E-state index is 0.0270. The van der Waals surface area contributed by atoms with E-state index >= 15 is 0 Å². The van der Waals surface area contributed by atoms with E-state index in [0.29, 0.717) is 12.1 Å². The van der Waals surface area contributed by atoms with Crippen LogP contribution in [0.1, 0.15) is 47.1 Å². The van der Waals surface area contributed by atoms with Crippen LogP contribution in [0, 0.1) is 6.92 Å². The number of hydrogen-bond donors (Lipinski definition) is 5. The van der Waals surface area contributed by atoms with E-state index in [-0.39, 0.29) is 34.5 Å². The average molecular weight is 729 g/mol. The van der Waals surface area contributed by atoms with Gasteiger partial charge in [-0.1, -0.05) is 42.5 Å². The number of fused-ring (bicyclic) bond motifs is 2. The number of aromatic amines is 1. The van der Waals surface area contributed by atoms with Gasteiger partial charge in [-0.05, 0) is 56.2 Å². The Balaban J connectivity index is 1.30. The largest absolute Gasteiger partial charge is 0.514 e. The molecule has 2 aliphatic rings. The summed E-state index contributed by atoms with van der Waals surface area (Å²) in [5.74, 6) is -4.29. The second-order valence-corrected chi connectivity index (χ2v) is 14.2. The lowest BCUT2D eigenvalue weighted by atomic mass is 9.88. The number of nitrogens with zero attached hydrogens (tertiary/aromatic N) is 2. The molecule has 268 valence electrons. The van der Waals surface area contributed by atoms with Gasteiger partial charge in [0.1, 0.15) is 41.0 Å². The van der Waals surface area contributed by atoms with Crippen LogP contribution in [0.4, 0.5) is 4.79 Å². The molecular weight excluding hydrogens is 696 g/mol. The molecule has 0 saturated carbocycles. The van der Waals surface area contributed by atoms with E-state index in [1.54, 1.807) is 37.3 Å². The molecule has 16 nitrogen and oxygen atoms in total. The fourth-order valence-electron chi connectivity index (χ4n) is 6.17. The van der Waals surface area contributed by atoms with Crippen molar-refractivity contribution in [3.63, 3.8) is 0 Å². The normalized spacial score (nSPS) is 20.5. The van der Waals surface area contributed by atoms with E-state index in [0.717, 1.165) is 28.4 Å². The zero-order valence-electron chi connectivity index (χ0n) is 27.9. The molecule has 2 saturated heterocycles. The van der Waals surface area contributed by atoms with Crippen molar-refractivity contribution in [1.29, 1.82) is 0 Å². The Bertz CT molecular complexity index is 2160. The number of carbonyl (C=O) groups excluding carboxylic acids is 5. The molecule has 2 aromatic carbocycles. The van der Waals surface area contributed by atoms with E-state index in [1.165, 1.54) is 44.2 Å². The number of thioether (sulfide) groups is 1. The monoisotopic (exact) mass is 728 g/mol. The molecule has 0 radical (unpaired) electrons. The minimum Gasteiger partial charge on any atom is -0.478 e. The van der Waals surface area contributed by atoms with Crippen molar-refractivity contribution in [3.8, 4) is 5.75 Å². The SMILES string of the molecule is Cc1ccc2c(=O)c(C(=O)NC(C(=O)N[C@@]3(C(=O)O)N4C(=O)[C@H](NC=O)[C@H]4SC3(C)C)c3ccc(OC(=O)OCc4ccccc4)cc3)c[nH]c2n1. The molecule has 0 bridgehead atoms. The number of aromatic nitrogens is 2. The number of benzene rings is 2. The Kier molecular flexibility index (Phi) is 9.46. The molecule has 17 heteroatoms. The fourth-order valence-corrected chi connectivity index (χ4v) is 7.88. The quantitative estimate of drug-likeness (QED) is 0.0648. The van der Waals surface area contributed by atoms with Gasteiger partial charge in [0.2, 0.25) is 23.4 Å². The summed E-state index contributed by atoms with van der Waals surface area (Å²) in [5, 5.41) is 17.3. The highest BCUT2D eigenvalue weighted by Crippen LogP contribution is 2.55. The van der Waals surface area contributed by atoms with Gasteiger partial charge in [0.15, 0.2) is 0 Å². The number of hydrogen-bond acceptors (Lipinski definition) is 11. The van der Waals surface area contributed by atoms with Crippen LogP contribution in [0.3, 0.4) is 0 Å². The maximum absolute atomic E-state index is 14.3. The lowest BCUT2D eigenvalue weighted by Crippen LogP contribution is -2.80. The van der Waals surface area contributed by atoms with Crippen LogP contribution in [0.5, 0.6) is 5.75 Å². The standard InChI is InChI=1S/C35H32N6O10S/c1-18-9-14-22-26(43)23(15-36-27(22)38-18)28(44)39-24(20-10-12-21(13-11-20)51-33(49)50-16-19-7-5-4-6-8-19)29(45)40-35(32(47)48)34(2,3)52-31-25(37-17-42)30(46)41(31)35/h4-15,17,24-25,31H,16H2,1-3H3,(H,37,42)(H,39,44)(H,40,45)(H,47,48)(H,36,38,43)/t24?,25-,31+,35-/m0/s1. The van der Waals surface area contributed by atoms with Gasteiger partial charge in [-0.15, -0.1) is 11.8 Å². The summed E-state index contributed by atoms with van der Waals surface area (Å²) in [5.41, 5.74) is -1.64. The number of nitrogens with one attached hydrogen (secondary N) is 4. The summed E-state index contributed by atoms with van der Waals surface area (Å²) in [6.07, 6.45) is 0.485. The molecule has 2 aliphatic heterocycles. The summed E-state index contributed by atoms with van der Waals surface area (Å²) in [4.78, 5) is 99.0. The van der Waals surface area contributed by atoms with Gasteiger partial charge in [0.25, 0.3) is 11.8 Å². The van der Waals surface area contributed by atoms with Gasteiger partial charge in [-0.25, -0.2) is 14.6 Å². The third kappa shape index (κ3) is 6.30. The van der Waals surface area contributed by atoms with Crippen LogP contribution >= 0.6 is 11.8 Å². The summed E-state index contributed by atoms with van der Waals surface area (Å²) in [6, 6.07) is 14.7. The van der Waals surface area contributed by atoms with E-state index in [4.69, 9.17) is 9.47 Å². The number of carboxylic acids is 1. The first-order valence-corrected chi connectivity index (χ1v) is 16.7. The third-order valence-electron chi connectivity index (χ3n) is 8.83. The van der Waals surface area contributed by atoms with Gasteiger partial charge in [-0.3, -0.25) is 28.9 Å². The zero-order chi connectivity index (χ0) is 37.4. The number of ether oxygens (including phenoxy) is 2. The number of carboxylic acid groups (broad SMARTS) is 1. The van der Waals surface area contributed by atoms with E-state index in [2.05, 4.69) is 25.9 Å². The number of β-lactam (4-membered cyclic amide) rings is 1. The van der Waals surface area contributed by atoms with Crippen LogP contribution in [0.15, 0.2) is 77.7 Å². The van der Waals surface area contributed by atoms with Gasteiger partial charge < -0.3 is 35.5 Å². The first-order valence-electron chi connectivity index (χ1n) is 15.8. The highest BCUT2D eigenvalue weighted by Gasteiger charge is 2.74.